The Bertz CT molecular complexity index is 1220. The van der Waals surface area contributed by atoms with Crippen molar-refractivity contribution in [2.45, 2.75) is 10.8 Å². The molecule has 4 aromatic rings. The van der Waals surface area contributed by atoms with Gasteiger partial charge < -0.3 is 10.6 Å². The molecular formula is C23H18ClN3O2S2. The second kappa shape index (κ2) is 9.96. The number of aromatic nitrogens is 1. The van der Waals surface area contributed by atoms with Crippen molar-refractivity contribution >= 4 is 68.7 Å². The topological polar surface area (TPSA) is 71.1 Å². The van der Waals surface area contributed by atoms with Crippen LogP contribution in [-0.4, -0.2) is 22.6 Å². The van der Waals surface area contributed by atoms with E-state index in [1.807, 2.05) is 47.8 Å². The summed E-state index contributed by atoms with van der Waals surface area (Å²) < 4.78 is 0.749. The predicted molar refractivity (Wildman–Crippen MR) is 129 cm³/mol. The monoisotopic (exact) mass is 467 g/mol. The lowest BCUT2D eigenvalue weighted by molar-refractivity contribution is -0.116. The molecule has 1 heterocycles. The second-order valence-corrected chi connectivity index (χ2v) is 9.22. The van der Waals surface area contributed by atoms with Crippen LogP contribution in [0.2, 0.25) is 5.02 Å². The van der Waals surface area contributed by atoms with Gasteiger partial charge in [0.2, 0.25) is 11.8 Å². The van der Waals surface area contributed by atoms with E-state index in [2.05, 4.69) is 15.6 Å². The molecule has 0 aliphatic rings. The molecule has 156 valence electrons. The summed E-state index contributed by atoms with van der Waals surface area (Å²) in [6, 6.07) is 20.7. The van der Waals surface area contributed by atoms with Gasteiger partial charge in [-0.25, -0.2) is 4.98 Å². The summed E-state index contributed by atoms with van der Waals surface area (Å²) in [6.07, 6.45) is 0.178. The molecule has 1 aromatic heterocycles. The molecule has 0 atom stereocenters. The van der Waals surface area contributed by atoms with Crippen LogP contribution < -0.4 is 10.6 Å². The number of thiazole rings is 1. The second-order valence-electron chi connectivity index (χ2n) is 6.70. The van der Waals surface area contributed by atoms with Gasteiger partial charge in [-0.3, -0.25) is 9.59 Å². The summed E-state index contributed by atoms with van der Waals surface area (Å²) in [5, 5.41) is 10.3. The molecule has 0 saturated carbocycles. The van der Waals surface area contributed by atoms with Crippen LogP contribution in [0.3, 0.4) is 0 Å². The van der Waals surface area contributed by atoms with E-state index >= 15 is 0 Å². The van der Waals surface area contributed by atoms with E-state index in [1.54, 1.807) is 24.3 Å². The van der Waals surface area contributed by atoms with E-state index in [9.17, 15) is 9.59 Å². The maximum atomic E-state index is 12.5. The zero-order valence-electron chi connectivity index (χ0n) is 16.3. The zero-order valence-corrected chi connectivity index (χ0v) is 18.7. The molecule has 3 aromatic carbocycles. The number of fused-ring (bicyclic) bond motifs is 1. The van der Waals surface area contributed by atoms with Gasteiger partial charge in [-0.2, -0.15) is 0 Å². The first-order chi connectivity index (χ1) is 15.1. The van der Waals surface area contributed by atoms with Gasteiger partial charge in [0.25, 0.3) is 0 Å². The molecule has 0 radical (unpaired) electrons. The van der Waals surface area contributed by atoms with E-state index < -0.39 is 0 Å². The fraction of sp³-hybridized carbons (Fsp3) is 0.0870. The maximum absolute atomic E-state index is 12.5. The van der Waals surface area contributed by atoms with Gasteiger partial charge in [0, 0.05) is 27.2 Å². The number of nitrogens with one attached hydrogen (secondary N) is 2. The van der Waals surface area contributed by atoms with E-state index in [0.29, 0.717) is 16.4 Å². The predicted octanol–water partition coefficient (Wildman–Crippen LogP) is 5.86. The first-order valence-corrected chi connectivity index (χ1v) is 11.7. The molecule has 0 spiro atoms. The average molecular weight is 468 g/mol. The minimum Gasteiger partial charge on any atom is -0.325 e. The lowest BCUT2D eigenvalue weighted by Gasteiger charge is -2.08. The first-order valence-electron chi connectivity index (χ1n) is 9.47. The van der Waals surface area contributed by atoms with Crippen molar-refractivity contribution in [2.75, 3.05) is 16.4 Å². The van der Waals surface area contributed by atoms with Crippen LogP contribution >= 0.6 is 34.7 Å². The van der Waals surface area contributed by atoms with Crippen molar-refractivity contribution in [3.8, 4) is 0 Å². The molecule has 8 heteroatoms. The number of anilines is 2. The number of carbonyl (C=O) groups is 2. The molecule has 0 unspecified atom stereocenters. The van der Waals surface area contributed by atoms with Crippen LogP contribution in [-0.2, 0) is 16.0 Å². The van der Waals surface area contributed by atoms with Crippen LogP contribution in [0.4, 0.5) is 11.4 Å². The molecule has 2 N–H and O–H groups in total. The summed E-state index contributed by atoms with van der Waals surface area (Å²) in [6.45, 7) is 0. The number of halogens is 1. The molecule has 0 saturated heterocycles. The Morgan fingerprint density at radius 3 is 2.55 bits per heavy atom. The Hall–Kier alpha value is -2.87. The highest BCUT2D eigenvalue weighted by Gasteiger charge is 2.11. The van der Waals surface area contributed by atoms with E-state index in [4.69, 9.17) is 11.6 Å². The number of hydrogen-bond acceptors (Lipinski definition) is 5. The minimum absolute atomic E-state index is 0.126. The van der Waals surface area contributed by atoms with Crippen molar-refractivity contribution in [3.63, 3.8) is 0 Å². The number of carbonyl (C=O) groups excluding carboxylic acids is 2. The zero-order chi connectivity index (χ0) is 21.6. The number of thioether (sulfide) groups is 1. The van der Waals surface area contributed by atoms with Crippen LogP contribution in [0.25, 0.3) is 10.8 Å². The van der Waals surface area contributed by atoms with Gasteiger partial charge >= 0.3 is 0 Å². The quantitative estimate of drug-likeness (QED) is 0.334. The van der Waals surface area contributed by atoms with Gasteiger partial charge in [-0.1, -0.05) is 59.8 Å². The number of nitrogens with zero attached hydrogens (tertiary/aromatic N) is 1. The molecule has 2 amide bonds. The third kappa shape index (κ3) is 5.85. The Balaban J connectivity index is 1.29. The fourth-order valence-corrected chi connectivity index (χ4v) is 4.76. The van der Waals surface area contributed by atoms with E-state index in [0.717, 1.165) is 20.8 Å². The van der Waals surface area contributed by atoms with Gasteiger partial charge in [-0.05, 0) is 35.7 Å². The van der Waals surface area contributed by atoms with Crippen LogP contribution in [0, 0.1) is 0 Å². The highest BCUT2D eigenvalue weighted by atomic mass is 35.5. The summed E-state index contributed by atoms with van der Waals surface area (Å²) in [4.78, 5) is 29.1. The first kappa shape index (κ1) is 21.4. The lowest BCUT2D eigenvalue weighted by Crippen LogP contribution is -2.15. The van der Waals surface area contributed by atoms with Crippen LogP contribution in [0.1, 0.15) is 5.69 Å². The average Bonchev–Trinajstić information content (AvgIpc) is 3.21. The van der Waals surface area contributed by atoms with Crippen LogP contribution in [0.15, 0.2) is 76.4 Å². The Morgan fingerprint density at radius 2 is 1.71 bits per heavy atom. The molecular weight excluding hydrogens is 450 g/mol. The summed E-state index contributed by atoms with van der Waals surface area (Å²) in [5.41, 5.74) is 2.16. The van der Waals surface area contributed by atoms with Crippen molar-refractivity contribution in [2.24, 2.45) is 0 Å². The standard InChI is InChI=1S/C23H18ClN3O2S2/c24-16-8-10-17(11-9-16)25-22(29)14-31-23-26-18(13-30-23)12-21(28)27-20-7-3-5-15-4-1-2-6-19(15)20/h1-11,13H,12,14H2,(H,25,29)(H,27,28). The minimum atomic E-state index is -0.127. The third-order valence-electron chi connectivity index (χ3n) is 4.39. The van der Waals surface area contributed by atoms with Gasteiger partial charge in [0.15, 0.2) is 4.34 Å². The van der Waals surface area contributed by atoms with Crippen molar-refractivity contribution in [1.82, 2.24) is 4.98 Å². The molecule has 5 nitrogen and oxygen atoms in total. The summed E-state index contributed by atoms with van der Waals surface area (Å²) in [7, 11) is 0. The van der Waals surface area contributed by atoms with Crippen molar-refractivity contribution in [1.29, 1.82) is 0 Å². The van der Waals surface area contributed by atoms with Crippen LogP contribution in [0.5, 0.6) is 0 Å². The lowest BCUT2D eigenvalue weighted by atomic mass is 10.1. The maximum Gasteiger partial charge on any atom is 0.234 e. The number of rotatable bonds is 7. The van der Waals surface area contributed by atoms with E-state index in [-0.39, 0.29) is 24.0 Å². The highest BCUT2D eigenvalue weighted by Crippen LogP contribution is 2.25. The largest absolute Gasteiger partial charge is 0.325 e. The normalized spacial score (nSPS) is 10.7. The Morgan fingerprint density at radius 1 is 0.935 bits per heavy atom. The Kier molecular flexibility index (Phi) is 6.86. The summed E-state index contributed by atoms with van der Waals surface area (Å²) >= 11 is 8.61. The smallest absolute Gasteiger partial charge is 0.234 e. The summed E-state index contributed by atoms with van der Waals surface area (Å²) in [5.74, 6) is -0.0194. The molecule has 0 fully saturated rings. The molecule has 4 rings (SSSR count). The molecule has 31 heavy (non-hydrogen) atoms. The van der Waals surface area contributed by atoms with Gasteiger partial charge in [0.05, 0.1) is 17.9 Å². The van der Waals surface area contributed by atoms with Crippen molar-refractivity contribution in [3.05, 3.63) is 82.8 Å². The Labute approximate surface area is 192 Å². The van der Waals surface area contributed by atoms with Gasteiger partial charge in [0.1, 0.15) is 0 Å². The number of amides is 2. The number of hydrogen-bond donors (Lipinski definition) is 2. The molecule has 0 bridgehead atoms. The van der Waals surface area contributed by atoms with Gasteiger partial charge in [-0.15, -0.1) is 11.3 Å². The molecule has 0 aliphatic heterocycles. The van der Waals surface area contributed by atoms with E-state index in [1.165, 1.54) is 23.1 Å². The fourth-order valence-electron chi connectivity index (χ4n) is 2.99. The molecule has 0 aliphatic carbocycles. The van der Waals surface area contributed by atoms with Crippen molar-refractivity contribution < 1.29 is 9.59 Å². The number of benzene rings is 3. The highest BCUT2D eigenvalue weighted by molar-refractivity contribution is 8.01. The SMILES string of the molecule is O=C(CSc1nc(CC(=O)Nc2cccc3ccccc23)cs1)Nc1ccc(Cl)cc1. The third-order valence-corrected chi connectivity index (χ3v) is 6.71.